The van der Waals surface area contributed by atoms with Crippen molar-refractivity contribution in [2.24, 2.45) is 11.8 Å². The van der Waals surface area contributed by atoms with Crippen molar-refractivity contribution in [1.29, 1.82) is 0 Å². The van der Waals surface area contributed by atoms with E-state index in [1.54, 1.807) is 72.8 Å². The van der Waals surface area contributed by atoms with Crippen LogP contribution in [-0.2, 0) is 14.3 Å². The van der Waals surface area contributed by atoms with Crippen LogP contribution in [0.4, 0.5) is 5.69 Å². The lowest BCUT2D eigenvalue weighted by molar-refractivity contribution is -0.127. The van der Waals surface area contributed by atoms with Gasteiger partial charge in [-0.3, -0.25) is 19.2 Å². The van der Waals surface area contributed by atoms with Gasteiger partial charge in [-0.2, -0.15) is 0 Å². The van der Waals surface area contributed by atoms with Crippen LogP contribution in [0.3, 0.4) is 0 Å². The average Bonchev–Trinajstić information content (AvgIpc) is 3.45. The van der Waals surface area contributed by atoms with Gasteiger partial charge in [0.25, 0.3) is 0 Å². The second kappa shape index (κ2) is 7.60. The number of fused-ring (bicyclic) bond motifs is 3. The zero-order chi connectivity index (χ0) is 24.5. The quantitative estimate of drug-likeness (QED) is 0.409. The minimum Gasteiger partial charge on any atom is -0.497 e. The zero-order valence-corrected chi connectivity index (χ0v) is 19.2. The summed E-state index contributed by atoms with van der Waals surface area (Å²) in [6.45, 7) is 0. The van der Waals surface area contributed by atoms with E-state index in [0.29, 0.717) is 22.0 Å². The predicted octanol–water partition coefficient (Wildman–Crippen LogP) is 4.04. The molecule has 1 aliphatic carbocycles. The van der Waals surface area contributed by atoms with E-state index in [2.05, 4.69) is 0 Å². The van der Waals surface area contributed by atoms with Gasteiger partial charge in [0, 0.05) is 16.1 Å². The Kier molecular flexibility index (Phi) is 4.71. The largest absolute Gasteiger partial charge is 0.497 e. The van der Waals surface area contributed by atoms with E-state index in [1.807, 2.05) is 0 Å². The maximum absolute atomic E-state index is 13.8. The van der Waals surface area contributed by atoms with Crippen LogP contribution in [0.2, 0.25) is 5.02 Å². The standard InChI is InChI=1S/C27H18ClNO6/c1-34-17-12-6-14(7-13-17)22-20-21(26(33)29(25(20)32)16-10-8-15(28)9-11-16)27(35-22)23(30)18-4-2-3-5-19(18)24(27)31/h2-13,20-22H,1H3/t20-,21+,22+/m1/s1. The molecule has 3 aromatic carbocycles. The van der Waals surface area contributed by atoms with E-state index in [-0.39, 0.29) is 11.1 Å². The third kappa shape index (κ3) is 2.82. The molecule has 3 aliphatic rings. The Labute approximate surface area is 205 Å². The van der Waals surface area contributed by atoms with Crippen LogP contribution in [0.15, 0.2) is 72.8 Å². The van der Waals surface area contributed by atoms with E-state index in [9.17, 15) is 19.2 Å². The van der Waals surface area contributed by atoms with Crippen molar-refractivity contribution in [3.8, 4) is 5.75 Å². The summed E-state index contributed by atoms with van der Waals surface area (Å²) >= 11 is 6.00. The van der Waals surface area contributed by atoms with Gasteiger partial charge < -0.3 is 9.47 Å². The summed E-state index contributed by atoms with van der Waals surface area (Å²) in [5, 5.41) is 0.445. The second-order valence-corrected chi connectivity index (χ2v) is 9.18. The van der Waals surface area contributed by atoms with Gasteiger partial charge >= 0.3 is 0 Å². The van der Waals surface area contributed by atoms with E-state index >= 15 is 0 Å². The fraction of sp³-hybridized carbons (Fsp3) is 0.185. The highest BCUT2D eigenvalue weighted by Crippen LogP contribution is 2.57. The summed E-state index contributed by atoms with van der Waals surface area (Å²) < 4.78 is 11.5. The lowest BCUT2D eigenvalue weighted by Crippen LogP contribution is -2.51. The van der Waals surface area contributed by atoms with Crippen molar-refractivity contribution in [1.82, 2.24) is 0 Å². The van der Waals surface area contributed by atoms with Crippen LogP contribution in [0.25, 0.3) is 0 Å². The Balaban J connectivity index is 1.53. The number of nitrogens with zero attached hydrogens (tertiary/aromatic N) is 1. The van der Waals surface area contributed by atoms with Crippen molar-refractivity contribution in [2.45, 2.75) is 11.7 Å². The number of amides is 2. The Bertz CT molecular complexity index is 1380. The summed E-state index contributed by atoms with van der Waals surface area (Å²) in [6, 6.07) is 19.5. The molecule has 6 rings (SSSR count). The van der Waals surface area contributed by atoms with E-state index in [0.717, 1.165) is 4.90 Å². The van der Waals surface area contributed by atoms with Crippen LogP contribution in [0.5, 0.6) is 5.75 Å². The minimum atomic E-state index is -2.10. The highest BCUT2D eigenvalue weighted by Gasteiger charge is 2.74. The fourth-order valence-electron chi connectivity index (χ4n) is 5.46. The number of rotatable bonds is 3. The van der Waals surface area contributed by atoms with Crippen molar-refractivity contribution in [3.05, 3.63) is 94.5 Å². The molecule has 1 spiro atoms. The van der Waals surface area contributed by atoms with Crippen LogP contribution in [0.1, 0.15) is 32.4 Å². The van der Waals surface area contributed by atoms with Gasteiger partial charge in [0.2, 0.25) is 29.0 Å². The molecule has 8 heteroatoms. The van der Waals surface area contributed by atoms with Crippen LogP contribution >= 0.6 is 11.6 Å². The number of anilines is 1. The molecule has 2 fully saturated rings. The number of ether oxygens (including phenoxy) is 2. The SMILES string of the molecule is COc1ccc([C@@H]2OC3(C(=O)c4ccccc4C3=O)[C@@H]3C(=O)N(c4ccc(Cl)cc4)C(=O)[C@H]32)cc1. The molecule has 0 aromatic heterocycles. The number of hydrogen-bond acceptors (Lipinski definition) is 6. The third-order valence-electron chi connectivity index (χ3n) is 7.05. The minimum absolute atomic E-state index is 0.192. The first-order chi connectivity index (χ1) is 16.9. The lowest BCUT2D eigenvalue weighted by Gasteiger charge is -2.27. The van der Waals surface area contributed by atoms with E-state index in [1.165, 1.54) is 7.11 Å². The molecule has 2 heterocycles. The normalized spacial score (nSPS) is 24.3. The molecule has 0 bridgehead atoms. The van der Waals surface area contributed by atoms with Crippen LogP contribution < -0.4 is 9.64 Å². The number of hydrogen-bond donors (Lipinski definition) is 0. The Morgan fingerprint density at radius 1 is 0.829 bits per heavy atom. The molecule has 0 radical (unpaired) electrons. The van der Waals surface area contributed by atoms with Gasteiger partial charge in [0.15, 0.2) is 0 Å². The first-order valence-electron chi connectivity index (χ1n) is 11.0. The number of carbonyl (C=O) groups is 4. The van der Waals surface area contributed by atoms with Gasteiger partial charge in [-0.15, -0.1) is 0 Å². The summed E-state index contributed by atoms with van der Waals surface area (Å²) in [5.41, 5.74) is -0.841. The molecular weight excluding hydrogens is 470 g/mol. The first-order valence-corrected chi connectivity index (χ1v) is 11.4. The number of benzene rings is 3. The molecule has 3 aromatic rings. The molecule has 2 saturated heterocycles. The molecule has 2 aliphatic heterocycles. The highest BCUT2D eigenvalue weighted by molar-refractivity contribution is 6.37. The molecular formula is C27H18ClNO6. The molecule has 174 valence electrons. The maximum Gasteiger partial charge on any atom is 0.241 e. The van der Waals surface area contributed by atoms with Gasteiger partial charge in [-0.1, -0.05) is 48.0 Å². The van der Waals surface area contributed by atoms with Crippen LogP contribution in [-0.4, -0.2) is 36.1 Å². The van der Waals surface area contributed by atoms with Gasteiger partial charge in [-0.05, 0) is 42.0 Å². The number of imide groups is 1. The van der Waals surface area contributed by atoms with Crippen LogP contribution in [0, 0.1) is 11.8 Å². The summed E-state index contributed by atoms with van der Waals surface area (Å²) in [4.78, 5) is 56.1. The topological polar surface area (TPSA) is 90.0 Å². The molecule has 0 N–H and O–H groups in total. The monoisotopic (exact) mass is 487 g/mol. The molecule has 0 saturated carbocycles. The smallest absolute Gasteiger partial charge is 0.241 e. The summed E-state index contributed by atoms with van der Waals surface area (Å²) in [5.74, 6) is -4.13. The number of methoxy groups -OCH3 is 1. The summed E-state index contributed by atoms with van der Waals surface area (Å²) in [6.07, 6.45) is -0.984. The average molecular weight is 488 g/mol. The first kappa shape index (κ1) is 21.7. The van der Waals surface area contributed by atoms with E-state index < -0.39 is 46.9 Å². The predicted molar refractivity (Wildman–Crippen MR) is 126 cm³/mol. The maximum atomic E-state index is 13.8. The fourth-order valence-corrected chi connectivity index (χ4v) is 5.58. The molecule has 0 unspecified atom stereocenters. The molecule has 35 heavy (non-hydrogen) atoms. The molecule has 7 nitrogen and oxygen atoms in total. The second-order valence-electron chi connectivity index (χ2n) is 8.74. The number of carbonyl (C=O) groups excluding carboxylic acids is 4. The Hall–Kier alpha value is -3.81. The zero-order valence-electron chi connectivity index (χ0n) is 18.4. The van der Waals surface area contributed by atoms with Gasteiger partial charge in [-0.25, -0.2) is 4.90 Å². The van der Waals surface area contributed by atoms with Crippen molar-refractivity contribution < 1.29 is 28.7 Å². The molecule has 3 atom stereocenters. The van der Waals surface area contributed by atoms with E-state index in [4.69, 9.17) is 21.1 Å². The van der Waals surface area contributed by atoms with Crippen molar-refractivity contribution in [3.63, 3.8) is 0 Å². The summed E-state index contributed by atoms with van der Waals surface area (Å²) in [7, 11) is 1.53. The van der Waals surface area contributed by atoms with Gasteiger partial charge in [0.1, 0.15) is 5.75 Å². The number of ketones is 2. The van der Waals surface area contributed by atoms with Crippen molar-refractivity contribution in [2.75, 3.05) is 12.0 Å². The third-order valence-corrected chi connectivity index (χ3v) is 7.30. The van der Waals surface area contributed by atoms with Crippen molar-refractivity contribution >= 4 is 40.7 Å². The lowest BCUT2D eigenvalue weighted by atomic mass is 9.77. The number of Topliss-reactive ketones (excluding diaryl/α,β-unsaturated/α-hetero) is 2. The number of halogens is 1. The van der Waals surface area contributed by atoms with Gasteiger partial charge in [0.05, 0.1) is 30.7 Å². The highest BCUT2D eigenvalue weighted by atomic mass is 35.5. The Morgan fingerprint density at radius 2 is 1.43 bits per heavy atom. The Morgan fingerprint density at radius 3 is 2.00 bits per heavy atom. The molecule has 2 amide bonds.